The second kappa shape index (κ2) is 5.15. The first-order valence-electron chi connectivity index (χ1n) is 7.23. The van der Waals surface area contributed by atoms with Gasteiger partial charge in [0.1, 0.15) is 0 Å². The van der Waals surface area contributed by atoms with Crippen molar-refractivity contribution in [2.75, 3.05) is 0 Å². The zero-order valence-electron chi connectivity index (χ0n) is 11.2. The van der Waals surface area contributed by atoms with E-state index in [1.54, 1.807) is 11.3 Å². The Labute approximate surface area is 119 Å². The van der Waals surface area contributed by atoms with Crippen LogP contribution in [0.4, 0.5) is 0 Å². The van der Waals surface area contributed by atoms with Crippen LogP contribution in [0.25, 0.3) is 0 Å². The Bertz CT molecular complexity index is 428. The van der Waals surface area contributed by atoms with Gasteiger partial charge in [-0.05, 0) is 49.1 Å². The Morgan fingerprint density at radius 1 is 1.39 bits per heavy atom. The summed E-state index contributed by atoms with van der Waals surface area (Å²) in [7, 11) is 0. The molecule has 1 heterocycles. The molecule has 0 spiro atoms. The van der Waals surface area contributed by atoms with Crippen LogP contribution >= 0.6 is 22.9 Å². The van der Waals surface area contributed by atoms with Gasteiger partial charge in [-0.3, -0.25) is 0 Å². The van der Waals surface area contributed by atoms with Crippen LogP contribution in [0.5, 0.6) is 0 Å². The zero-order chi connectivity index (χ0) is 12.7. The van der Waals surface area contributed by atoms with Crippen LogP contribution in [-0.2, 0) is 6.42 Å². The fourth-order valence-electron chi connectivity index (χ4n) is 3.82. The molecule has 0 radical (unpaired) electrons. The molecule has 2 aliphatic carbocycles. The molecule has 1 nitrogen and oxygen atoms in total. The minimum Gasteiger partial charge on any atom is -0.307 e. The van der Waals surface area contributed by atoms with Gasteiger partial charge in [-0.15, -0.1) is 11.3 Å². The van der Waals surface area contributed by atoms with E-state index in [-0.39, 0.29) is 0 Å². The van der Waals surface area contributed by atoms with Crippen molar-refractivity contribution >= 4 is 22.9 Å². The molecule has 0 aromatic carbocycles. The quantitative estimate of drug-likeness (QED) is 0.840. The topological polar surface area (TPSA) is 12.0 Å². The average Bonchev–Trinajstić information content (AvgIpc) is 2.97. The van der Waals surface area contributed by atoms with Gasteiger partial charge in [-0.2, -0.15) is 0 Å². The molecule has 2 aliphatic rings. The minimum absolute atomic E-state index is 0.562. The van der Waals surface area contributed by atoms with Gasteiger partial charge in [0.25, 0.3) is 0 Å². The maximum Gasteiger partial charge on any atom is 0.0934 e. The standard InChI is InChI=1S/C15H22ClNS/c1-3-10-4-5-12(9(10)2)17-13-6-7-14-11(13)8-15(16)18-14/h8-10,12-13,17H,3-7H2,1-2H3. The Balaban J connectivity index is 1.68. The Hall–Kier alpha value is -0.0500. The van der Waals surface area contributed by atoms with Gasteiger partial charge in [0, 0.05) is 17.0 Å². The summed E-state index contributed by atoms with van der Waals surface area (Å²) in [4.78, 5) is 1.51. The van der Waals surface area contributed by atoms with Crippen molar-refractivity contribution in [1.82, 2.24) is 5.32 Å². The lowest BCUT2D eigenvalue weighted by molar-refractivity contribution is 0.320. The third-order valence-corrected chi connectivity index (χ3v) is 6.35. The first kappa shape index (κ1) is 13.0. The summed E-state index contributed by atoms with van der Waals surface area (Å²) < 4.78 is 0.956. The number of halogens is 1. The van der Waals surface area contributed by atoms with Crippen LogP contribution in [0, 0.1) is 11.8 Å². The number of nitrogens with one attached hydrogen (secondary N) is 1. The maximum atomic E-state index is 6.13. The van der Waals surface area contributed by atoms with E-state index in [2.05, 4.69) is 25.2 Å². The molecule has 1 fully saturated rings. The molecular weight excluding hydrogens is 262 g/mol. The van der Waals surface area contributed by atoms with Crippen molar-refractivity contribution in [2.45, 2.75) is 58.0 Å². The van der Waals surface area contributed by atoms with Gasteiger partial charge in [-0.25, -0.2) is 0 Å². The van der Waals surface area contributed by atoms with Gasteiger partial charge in [0.2, 0.25) is 0 Å². The molecule has 1 N–H and O–H groups in total. The van der Waals surface area contributed by atoms with Crippen molar-refractivity contribution in [3.05, 3.63) is 20.8 Å². The Morgan fingerprint density at radius 3 is 2.94 bits per heavy atom. The van der Waals surface area contributed by atoms with Crippen molar-refractivity contribution in [1.29, 1.82) is 0 Å². The van der Waals surface area contributed by atoms with Crippen molar-refractivity contribution in [3.8, 4) is 0 Å². The van der Waals surface area contributed by atoms with Crippen molar-refractivity contribution < 1.29 is 0 Å². The second-order valence-corrected chi connectivity index (χ2v) is 7.67. The molecule has 1 saturated carbocycles. The SMILES string of the molecule is CCC1CCC(NC2CCc3sc(Cl)cc32)C1C. The number of hydrogen-bond donors (Lipinski definition) is 1. The molecule has 0 bridgehead atoms. The fourth-order valence-corrected chi connectivity index (χ4v) is 5.18. The molecule has 100 valence electrons. The normalized spacial score (nSPS) is 35.1. The lowest BCUT2D eigenvalue weighted by Crippen LogP contribution is -2.34. The van der Waals surface area contributed by atoms with E-state index in [0.29, 0.717) is 12.1 Å². The third kappa shape index (κ3) is 2.23. The summed E-state index contributed by atoms with van der Waals surface area (Å²) in [6, 6.07) is 3.46. The highest BCUT2D eigenvalue weighted by Gasteiger charge is 2.34. The van der Waals surface area contributed by atoms with Gasteiger partial charge < -0.3 is 5.32 Å². The summed E-state index contributed by atoms with van der Waals surface area (Å²) in [5.41, 5.74) is 1.48. The highest BCUT2D eigenvalue weighted by molar-refractivity contribution is 7.16. The van der Waals surface area contributed by atoms with Crippen LogP contribution in [-0.4, -0.2) is 6.04 Å². The van der Waals surface area contributed by atoms with E-state index >= 15 is 0 Å². The predicted octanol–water partition coefficient (Wildman–Crippen LogP) is 4.80. The minimum atomic E-state index is 0.562. The smallest absolute Gasteiger partial charge is 0.0934 e. The van der Waals surface area contributed by atoms with Crippen LogP contribution in [0.1, 0.15) is 56.0 Å². The Kier molecular flexibility index (Phi) is 3.70. The molecular formula is C15H22ClNS. The van der Waals surface area contributed by atoms with Crippen LogP contribution in [0.15, 0.2) is 6.07 Å². The Morgan fingerprint density at radius 2 is 2.22 bits per heavy atom. The molecule has 3 rings (SSSR count). The summed E-state index contributed by atoms with van der Waals surface area (Å²) in [5.74, 6) is 1.75. The number of rotatable bonds is 3. The number of thiophene rings is 1. The van der Waals surface area contributed by atoms with Gasteiger partial charge in [0.15, 0.2) is 0 Å². The van der Waals surface area contributed by atoms with Crippen molar-refractivity contribution in [3.63, 3.8) is 0 Å². The molecule has 0 aliphatic heterocycles. The lowest BCUT2D eigenvalue weighted by atomic mass is 9.93. The zero-order valence-corrected chi connectivity index (χ0v) is 12.8. The first-order valence-corrected chi connectivity index (χ1v) is 8.42. The van der Waals surface area contributed by atoms with E-state index in [0.717, 1.165) is 16.2 Å². The lowest BCUT2D eigenvalue weighted by Gasteiger charge is -2.25. The van der Waals surface area contributed by atoms with Gasteiger partial charge >= 0.3 is 0 Å². The highest BCUT2D eigenvalue weighted by atomic mass is 35.5. The molecule has 3 heteroatoms. The molecule has 18 heavy (non-hydrogen) atoms. The molecule has 0 amide bonds. The number of hydrogen-bond acceptors (Lipinski definition) is 2. The van der Waals surface area contributed by atoms with Crippen molar-refractivity contribution in [2.24, 2.45) is 11.8 Å². The average molecular weight is 284 g/mol. The third-order valence-electron chi connectivity index (χ3n) is 5.01. The van der Waals surface area contributed by atoms with E-state index in [4.69, 9.17) is 11.6 Å². The van der Waals surface area contributed by atoms with E-state index in [1.165, 1.54) is 42.5 Å². The summed E-state index contributed by atoms with van der Waals surface area (Å²) in [6.07, 6.45) is 6.56. The van der Waals surface area contributed by atoms with Crippen LogP contribution < -0.4 is 5.32 Å². The van der Waals surface area contributed by atoms with Crippen LogP contribution in [0.3, 0.4) is 0 Å². The highest BCUT2D eigenvalue weighted by Crippen LogP contribution is 2.41. The molecule has 4 atom stereocenters. The largest absolute Gasteiger partial charge is 0.307 e. The molecule has 1 aromatic rings. The fraction of sp³-hybridized carbons (Fsp3) is 0.733. The monoisotopic (exact) mass is 283 g/mol. The molecule has 1 aromatic heterocycles. The van der Waals surface area contributed by atoms with Gasteiger partial charge in [-0.1, -0.05) is 31.9 Å². The van der Waals surface area contributed by atoms with E-state index in [1.807, 2.05) is 0 Å². The van der Waals surface area contributed by atoms with Crippen LogP contribution in [0.2, 0.25) is 4.34 Å². The van der Waals surface area contributed by atoms with Gasteiger partial charge in [0.05, 0.1) is 4.34 Å². The second-order valence-electron chi connectivity index (χ2n) is 5.90. The summed E-state index contributed by atoms with van der Waals surface area (Å²) >= 11 is 7.90. The first-order chi connectivity index (χ1) is 8.69. The number of aryl methyl sites for hydroxylation is 1. The molecule has 4 unspecified atom stereocenters. The number of fused-ring (bicyclic) bond motifs is 1. The summed E-state index contributed by atoms with van der Waals surface area (Å²) in [6.45, 7) is 4.76. The maximum absolute atomic E-state index is 6.13. The molecule has 0 saturated heterocycles. The summed E-state index contributed by atoms with van der Waals surface area (Å²) in [5, 5.41) is 3.91. The predicted molar refractivity (Wildman–Crippen MR) is 79.5 cm³/mol. The van der Waals surface area contributed by atoms with E-state index in [9.17, 15) is 0 Å². The van der Waals surface area contributed by atoms with E-state index < -0.39 is 0 Å².